The van der Waals surface area contributed by atoms with Crippen molar-refractivity contribution in [2.45, 2.75) is 51.4 Å². The molecule has 92 valence electrons. The van der Waals surface area contributed by atoms with Crippen LogP contribution in [0.5, 0.6) is 5.75 Å². The Kier molecular flexibility index (Phi) is 2.65. The van der Waals surface area contributed by atoms with Crippen LogP contribution in [0.15, 0.2) is 18.2 Å². The summed E-state index contributed by atoms with van der Waals surface area (Å²) in [6, 6.07) is 6.75. The van der Waals surface area contributed by atoms with Crippen molar-refractivity contribution in [2.24, 2.45) is 5.92 Å². The summed E-state index contributed by atoms with van der Waals surface area (Å²) in [6.07, 6.45) is 6.43. The van der Waals surface area contributed by atoms with Gasteiger partial charge in [0.1, 0.15) is 5.75 Å². The Labute approximate surface area is 104 Å². The molecular formula is C16H22O. The summed E-state index contributed by atoms with van der Waals surface area (Å²) in [4.78, 5) is 0. The van der Waals surface area contributed by atoms with Gasteiger partial charge in [-0.3, -0.25) is 0 Å². The SMILES string of the molecule is CC(C)CCCc1cccc2c1OCC21CC1. The molecule has 1 spiro atoms. The van der Waals surface area contributed by atoms with Gasteiger partial charge in [-0.1, -0.05) is 38.5 Å². The van der Waals surface area contributed by atoms with Crippen LogP contribution in [0.2, 0.25) is 0 Å². The van der Waals surface area contributed by atoms with Gasteiger partial charge in [-0.25, -0.2) is 0 Å². The van der Waals surface area contributed by atoms with E-state index >= 15 is 0 Å². The minimum Gasteiger partial charge on any atom is -0.492 e. The molecule has 0 aromatic heterocycles. The second-order valence-electron chi connectivity index (χ2n) is 6.15. The normalized spacial score (nSPS) is 19.5. The molecule has 1 heterocycles. The van der Waals surface area contributed by atoms with E-state index in [-0.39, 0.29) is 0 Å². The molecule has 1 aliphatic heterocycles. The third-order valence-electron chi connectivity index (χ3n) is 4.24. The van der Waals surface area contributed by atoms with Crippen molar-refractivity contribution in [2.75, 3.05) is 6.61 Å². The molecule has 0 saturated heterocycles. The van der Waals surface area contributed by atoms with E-state index in [0.717, 1.165) is 12.5 Å². The minimum atomic E-state index is 0.434. The number of rotatable bonds is 4. The summed E-state index contributed by atoms with van der Waals surface area (Å²) in [7, 11) is 0. The van der Waals surface area contributed by atoms with Crippen LogP contribution in [-0.2, 0) is 11.8 Å². The van der Waals surface area contributed by atoms with E-state index in [0.29, 0.717) is 5.41 Å². The van der Waals surface area contributed by atoms with Gasteiger partial charge in [-0.05, 0) is 37.2 Å². The monoisotopic (exact) mass is 230 g/mol. The third-order valence-corrected chi connectivity index (χ3v) is 4.24. The quantitative estimate of drug-likeness (QED) is 0.757. The van der Waals surface area contributed by atoms with Crippen LogP contribution in [0.4, 0.5) is 0 Å². The first-order valence-corrected chi connectivity index (χ1v) is 6.96. The lowest BCUT2D eigenvalue weighted by molar-refractivity contribution is 0.320. The average Bonchev–Trinajstić information content (AvgIpc) is 2.97. The van der Waals surface area contributed by atoms with Crippen LogP contribution >= 0.6 is 0 Å². The van der Waals surface area contributed by atoms with Gasteiger partial charge in [0.05, 0.1) is 6.61 Å². The van der Waals surface area contributed by atoms with Crippen molar-refractivity contribution < 1.29 is 4.74 Å². The van der Waals surface area contributed by atoms with E-state index in [9.17, 15) is 0 Å². The van der Waals surface area contributed by atoms with Crippen LogP contribution in [0.1, 0.15) is 50.7 Å². The van der Waals surface area contributed by atoms with Crippen LogP contribution in [-0.4, -0.2) is 6.61 Å². The Morgan fingerprint density at radius 2 is 2.12 bits per heavy atom. The van der Waals surface area contributed by atoms with Gasteiger partial charge in [0.15, 0.2) is 0 Å². The van der Waals surface area contributed by atoms with Gasteiger partial charge in [-0.15, -0.1) is 0 Å². The van der Waals surface area contributed by atoms with E-state index in [2.05, 4.69) is 32.0 Å². The first-order valence-electron chi connectivity index (χ1n) is 6.96. The number of para-hydroxylation sites is 1. The zero-order valence-electron chi connectivity index (χ0n) is 11.0. The zero-order valence-corrected chi connectivity index (χ0v) is 11.0. The number of fused-ring (bicyclic) bond motifs is 2. The summed E-state index contributed by atoms with van der Waals surface area (Å²) in [5.41, 5.74) is 3.37. The molecule has 1 aromatic carbocycles. The maximum absolute atomic E-state index is 5.96. The van der Waals surface area contributed by atoms with Crippen molar-refractivity contribution in [3.63, 3.8) is 0 Å². The van der Waals surface area contributed by atoms with Crippen molar-refractivity contribution >= 4 is 0 Å². The van der Waals surface area contributed by atoms with Crippen LogP contribution in [0.25, 0.3) is 0 Å². The highest BCUT2D eigenvalue weighted by molar-refractivity contribution is 5.51. The Bertz CT molecular complexity index is 416. The highest BCUT2D eigenvalue weighted by atomic mass is 16.5. The molecule has 0 N–H and O–H groups in total. The largest absolute Gasteiger partial charge is 0.492 e. The molecule has 2 aliphatic rings. The van der Waals surface area contributed by atoms with Crippen LogP contribution in [0, 0.1) is 5.92 Å². The molecule has 0 unspecified atom stereocenters. The van der Waals surface area contributed by atoms with E-state index in [1.165, 1.54) is 49.0 Å². The van der Waals surface area contributed by atoms with Crippen molar-refractivity contribution in [3.05, 3.63) is 29.3 Å². The molecule has 0 amide bonds. The predicted molar refractivity (Wildman–Crippen MR) is 70.6 cm³/mol. The molecule has 0 radical (unpaired) electrons. The van der Waals surface area contributed by atoms with Gasteiger partial charge in [-0.2, -0.15) is 0 Å². The fourth-order valence-electron chi connectivity index (χ4n) is 2.92. The smallest absolute Gasteiger partial charge is 0.126 e. The first-order chi connectivity index (χ1) is 8.21. The number of aryl methyl sites for hydroxylation is 1. The fourth-order valence-corrected chi connectivity index (χ4v) is 2.92. The first kappa shape index (κ1) is 11.1. The number of ether oxygens (including phenoxy) is 1. The molecule has 0 atom stereocenters. The molecule has 1 saturated carbocycles. The molecule has 1 fully saturated rings. The molecular weight excluding hydrogens is 208 g/mol. The van der Waals surface area contributed by atoms with Gasteiger partial charge >= 0.3 is 0 Å². The summed E-state index contributed by atoms with van der Waals surface area (Å²) >= 11 is 0. The standard InChI is InChI=1S/C16H22O/c1-12(2)5-3-6-13-7-4-8-14-15(13)17-11-16(14)9-10-16/h4,7-8,12H,3,5-6,9-11H2,1-2H3. The Morgan fingerprint density at radius 1 is 1.29 bits per heavy atom. The Hall–Kier alpha value is -0.980. The lowest BCUT2D eigenvalue weighted by atomic mass is 9.94. The van der Waals surface area contributed by atoms with E-state index < -0.39 is 0 Å². The molecule has 1 aromatic rings. The van der Waals surface area contributed by atoms with Gasteiger partial charge in [0.25, 0.3) is 0 Å². The molecule has 1 heteroatoms. The van der Waals surface area contributed by atoms with Crippen molar-refractivity contribution in [3.8, 4) is 5.75 Å². The fraction of sp³-hybridized carbons (Fsp3) is 0.625. The molecule has 17 heavy (non-hydrogen) atoms. The highest BCUT2D eigenvalue weighted by Crippen LogP contribution is 2.56. The highest BCUT2D eigenvalue weighted by Gasteiger charge is 2.50. The molecule has 1 nitrogen and oxygen atoms in total. The van der Waals surface area contributed by atoms with Gasteiger partial charge in [0, 0.05) is 11.0 Å². The summed E-state index contributed by atoms with van der Waals surface area (Å²) in [6.45, 7) is 5.53. The van der Waals surface area contributed by atoms with Crippen LogP contribution in [0.3, 0.4) is 0 Å². The second-order valence-corrected chi connectivity index (χ2v) is 6.15. The topological polar surface area (TPSA) is 9.23 Å². The second kappa shape index (κ2) is 4.04. The maximum Gasteiger partial charge on any atom is 0.126 e. The van der Waals surface area contributed by atoms with E-state index in [4.69, 9.17) is 4.74 Å². The van der Waals surface area contributed by atoms with E-state index in [1.54, 1.807) is 0 Å². The van der Waals surface area contributed by atoms with Gasteiger partial charge in [0.2, 0.25) is 0 Å². The lowest BCUT2D eigenvalue weighted by Gasteiger charge is -2.09. The number of hydrogen-bond acceptors (Lipinski definition) is 1. The minimum absolute atomic E-state index is 0.434. The predicted octanol–water partition coefficient (Wildman–Crippen LogP) is 4.09. The summed E-state index contributed by atoms with van der Waals surface area (Å²) in [5.74, 6) is 2.04. The molecule has 0 bridgehead atoms. The average molecular weight is 230 g/mol. The molecule has 3 rings (SSSR count). The lowest BCUT2D eigenvalue weighted by Crippen LogP contribution is -2.06. The van der Waals surface area contributed by atoms with Crippen molar-refractivity contribution in [1.29, 1.82) is 0 Å². The summed E-state index contributed by atoms with van der Waals surface area (Å²) < 4.78 is 5.96. The van der Waals surface area contributed by atoms with Crippen molar-refractivity contribution in [1.82, 2.24) is 0 Å². The Morgan fingerprint density at radius 3 is 2.82 bits per heavy atom. The molecule has 1 aliphatic carbocycles. The number of hydrogen-bond donors (Lipinski definition) is 0. The summed E-state index contributed by atoms with van der Waals surface area (Å²) in [5, 5.41) is 0. The zero-order chi connectivity index (χ0) is 11.9. The van der Waals surface area contributed by atoms with Crippen LogP contribution < -0.4 is 4.74 Å². The maximum atomic E-state index is 5.96. The third kappa shape index (κ3) is 1.96. The number of benzene rings is 1. The van der Waals surface area contributed by atoms with Gasteiger partial charge < -0.3 is 4.74 Å². The Balaban J connectivity index is 1.75. The van der Waals surface area contributed by atoms with E-state index in [1.807, 2.05) is 0 Å².